The number of aromatic amines is 1. The number of aliphatic hydroxyl groups excluding tert-OH is 1. The van der Waals surface area contributed by atoms with E-state index in [1.807, 2.05) is 30.3 Å². The minimum atomic E-state index is -0.487. The molecule has 0 unspecified atom stereocenters. The van der Waals surface area contributed by atoms with Crippen LogP contribution < -0.4 is 21.8 Å². The summed E-state index contributed by atoms with van der Waals surface area (Å²) in [7, 11) is 1.00. The zero-order valence-electron chi connectivity index (χ0n) is 18.6. The highest BCUT2D eigenvalue weighted by Gasteiger charge is 2.15. The van der Waals surface area contributed by atoms with Crippen molar-refractivity contribution < 1.29 is 14.6 Å². The molecule has 0 atom stereocenters. The number of aliphatic hydroxyl groups is 1. The highest BCUT2D eigenvalue weighted by atomic mass is 16.5. The van der Waals surface area contributed by atoms with E-state index < -0.39 is 5.56 Å². The van der Waals surface area contributed by atoms with Crippen molar-refractivity contribution >= 4 is 17.8 Å². The van der Waals surface area contributed by atoms with Gasteiger partial charge >= 0.3 is 0 Å². The van der Waals surface area contributed by atoms with Crippen LogP contribution in [0.15, 0.2) is 47.3 Å². The highest BCUT2D eigenvalue weighted by molar-refractivity contribution is 5.78. The van der Waals surface area contributed by atoms with Gasteiger partial charge in [0.05, 0.1) is 5.56 Å². The molecule has 33 heavy (non-hydrogen) atoms. The van der Waals surface area contributed by atoms with Gasteiger partial charge in [-0.25, -0.2) is 4.98 Å². The van der Waals surface area contributed by atoms with Gasteiger partial charge in [0.2, 0.25) is 0 Å². The van der Waals surface area contributed by atoms with Gasteiger partial charge in [-0.1, -0.05) is 30.3 Å². The largest absolute Gasteiger partial charge is 0.491 e. The molecule has 9 nitrogen and oxygen atoms in total. The molecule has 0 amide bonds. The van der Waals surface area contributed by atoms with E-state index in [2.05, 4.69) is 14.9 Å². The van der Waals surface area contributed by atoms with Gasteiger partial charge in [-0.15, -0.1) is 0 Å². The first-order valence-electron chi connectivity index (χ1n) is 10.7. The summed E-state index contributed by atoms with van der Waals surface area (Å²) in [4.78, 5) is 32.3. The fraction of sp³-hybridized carbons (Fsp3) is 0.292. The van der Waals surface area contributed by atoms with Gasteiger partial charge in [0, 0.05) is 19.2 Å². The number of carbonyl (C=O) groups is 1. The van der Waals surface area contributed by atoms with E-state index in [1.54, 1.807) is 12.1 Å². The van der Waals surface area contributed by atoms with Gasteiger partial charge in [0.1, 0.15) is 30.2 Å². The predicted octanol–water partition coefficient (Wildman–Crippen LogP) is 2.16. The normalized spacial score (nSPS) is 13.3. The van der Waals surface area contributed by atoms with Crippen LogP contribution in [0.25, 0.3) is 22.5 Å². The third kappa shape index (κ3) is 5.76. The summed E-state index contributed by atoms with van der Waals surface area (Å²) in [6.07, 6.45) is 3.24. The van der Waals surface area contributed by atoms with Gasteiger partial charge in [-0.3, -0.25) is 14.5 Å². The van der Waals surface area contributed by atoms with Crippen molar-refractivity contribution in [3.05, 3.63) is 58.4 Å². The van der Waals surface area contributed by atoms with Crippen LogP contribution in [-0.2, 0) is 0 Å². The van der Waals surface area contributed by atoms with Crippen LogP contribution in [0, 0.1) is 0 Å². The molecule has 174 valence electrons. The first-order chi connectivity index (χ1) is 16.0. The summed E-state index contributed by atoms with van der Waals surface area (Å²) in [6.45, 7) is 3.51. The third-order valence-electron chi connectivity index (χ3n) is 5.47. The van der Waals surface area contributed by atoms with E-state index in [-0.39, 0.29) is 11.5 Å². The van der Waals surface area contributed by atoms with Gasteiger partial charge in [-0.2, -0.15) is 0 Å². The Bertz CT molecular complexity index is 1140. The molecule has 9 heteroatoms. The van der Waals surface area contributed by atoms with Crippen LogP contribution >= 0.6 is 0 Å². The molecule has 1 aliphatic rings. The lowest BCUT2D eigenvalue weighted by atomic mass is 10.0. The zero-order chi connectivity index (χ0) is 23.8. The smallest absolute Gasteiger partial charge is 0.276 e. The number of H-pyrrole nitrogens is 1. The fourth-order valence-electron chi connectivity index (χ4n) is 3.69. The third-order valence-corrected chi connectivity index (χ3v) is 5.47. The summed E-state index contributed by atoms with van der Waals surface area (Å²) in [5.74, 6) is 0.870. The van der Waals surface area contributed by atoms with Crippen LogP contribution in [0.2, 0.25) is 0 Å². The van der Waals surface area contributed by atoms with E-state index in [4.69, 9.17) is 21.3 Å². The maximum absolute atomic E-state index is 12.1. The number of hydrogen-bond acceptors (Lipinski definition) is 8. The summed E-state index contributed by atoms with van der Waals surface area (Å²) in [5, 5.41) is 7.00. The molecule has 0 bridgehead atoms. The zero-order valence-corrected chi connectivity index (χ0v) is 18.6. The standard InChI is InChI=1S/C23H25N5O3.CH4O/c24-20-21(25)26-22(27-23(20)30)18-8-7-17(16-5-3-15(14-29)4-6-16)13-19(18)31-12-11-28-9-1-2-10-28;1-2/h3-8,13-14H,1-2,9-12,24H2,(H3,25,26,27,30);2H,1H3. The van der Waals surface area contributed by atoms with E-state index >= 15 is 0 Å². The molecule has 1 aliphatic heterocycles. The highest BCUT2D eigenvalue weighted by Crippen LogP contribution is 2.33. The van der Waals surface area contributed by atoms with Crippen LogP contribution in [0.3, 0.4) is 0 Å². The molecule has 2 aromatic carbocycles. The maximum atomic E-state index is 12.1. The van der Waals surface area contributed by atoms with Crippen LogP contribution in [0.1, 0.15) is 23.2 Å². The molecule has 0 saturated carbocycles. The molecule has 1 aromatic heterocycles. The summed E-state index contributed by atoms with van der Waals surface area (Å²) in [5.41, 5.74) is 14.0. The quantitative estimate of drug-likeness (QED) is 0.400. The molecule has 2 heterocycles. The summed E-state index contributed by atoms with van der Waals surface area (Å²) in [6, 6.07) is 12.9. The Morgan fingerprint density at radius 2 is 1.76 bits per heavy atom. The number of nitrogens with two attached hydrogens (primary N) is 2. The lowest BCUT2D eigenvalue weighted by molar-refractivity contribution is 0.112. The van der Waals surface area contributed by atoms with Crippen LogP contribution in [0.5, 0.6) is 5.75 Å². The van der Waals surface area contributed by atoms with Crippen molar-refractivity contribution in [3.63, 3.8) is 0 Å². The van der Waals surface area contributed by atoms with E-state index in [9.17, 15) is 9.59 Å². The Hall–Kier alpha value is -3.69. The number of anilines is 2. The molecule has 4 rings (SSSR count). The monoisotopic (exact) mass is 451 g/mol. The average molecular weight is 452 g/mol. The molecular formula is C24H29N5O4. The van der Waals surface area contributed by atoms with Crippen LogP contribution in [-0.4, -0.2) is 59.6 Å². The number of nitrogens with one attached hydrogen (secondary N) is 1. The van der Waals surface area contributed by atoms with E-state index in [0.29, 0.717) is 29.3 Å². The van der Waals surface area contributed by atoms with E-state index in [0.717, 1.165) is 44.2 Å². The van der Waals surface area contributed by atoms with Gasteiger partial charge in [-0.05, 0) is 49.2 Å². The maximum Gasteiger partial charge on any atom is 0.276 e. The van der Waals surface area contributed by atoms with E-state index in [1.165, 1.54) is 12.8 Å². The number of aldehydes is 1. The summed E-state index contributed by atoms with van der Waals surface area (Å²) >= 11 is 0. The first kappa shape index (κ1) is 24.0. The second kappa shape index (κ2) is 11.3. The average Bonchev–Trinajstić information content (AvgIpc) is 3.37. The number of likely N-dealkylation sites (tertiary alicyclic amines) is 1. The second-order valence-corrected chi connectivity index (χ2v) is 7.56. The lowest BCUT2D eigenvalue weighted by Gasteiger charge is -2.17. The van der Waals surface area contributed by atoms with Crippen molar-refractivity contribution in [2.24, 2.45) is 0 Å². The number of nitrogens with zero attached hydrogens (tertiary/aromatic N) is 2. The molecule has 0 radical (unpaired) electrons. The van der Waals surface area contributed by atoms with Gasteiger partial charge < -0.3 is 26.3 Å². The molecule has 1 fully saturated rings. The van der Waals surface area contributed by atoms with Crippen molar-refractivity contribution in [2.75, 3.05) is 44.8 Å². The Morgan fingerprint density at radius 1 is 1.09 bits per heavy atom. The number of benzene rings is 2. The molecule has 6 N–H and O–H groups in total. The minimum Gasteiger partial charge on any atom is -0.491 e. The molecule has 0 aliphatic carbocycles. The number of ether oxygens (including phenoxy) is 1. The lowest BCUT2D eigenvalue weighted by Crippen LogP contribution is -2.25. The molecule has 3 aromatic rings. The minimum absolute atomic E-state index is 0.0182. The van der Waals surface area contributed by atoms with Crippen molar-refractivity contribution in [1.82, 2.24) is 14.9 Å². The van der Waals surface area contributed by atoms with Gasteiger partial charge in [0.15, 0.2) is 5.82 Å². The first-order valence-corrected chi connectivity index (χ1v) is 10.7. The number of rotatable bonds is 7. The predicted molar refractivity (Wildman–Crippen MR) is 129 cm³/mol. The van der Waals surface area contributed by atoms with Crippen LogP contribution in [0.4, 0.5) is 11.5 Å². The van der Waals surface area contributed by atoms with Crippen molar-refractivity contribution in [2.45, 2.75) is 12.8 Å². The Kier molecular flexibility index (Phi) is 8.17. The SMILES string of the molecule is CO.Nc1nc(-c2ccc(-c3ccc(C=O)cc3)cc2OCCN2CCCC2)[nH]c(=O)c1N. The number of nitrogen functional groups attached to an aromatic ring is 2. The van der Waals surface area contributed by atoms with Crippen molar-refractivity contribution in [3.8, 4) is 28.3 Å². The second-order valence-electron chi connectivity index (χ2n) is 7.56. The molecular weight excluding hydrogens is 422 g/mol. The number of hydrogen-bond donors (Lipinski definition) is 4. The van der Waals surface area contributed by atoms with Gasteiger partial charge in [0.25, 0.3) is 5.56 Å². The summed E-state index contributed by atoms with van der Waals surface area (Å²) < 4.78 is 6.14. The fourth-order valence-corrected chi connectivity index (χ4v) is 3.69. The molecule has 0 spiro atoms. The Labute approximate surface area is 192 Å². The molecule has 1 saturated heterocycles. The Balaban J connectivity index is 0.00000149. The topological polar surface area (TPSA) is 148 Å². The Morgan fingerprint density at radius 3 is 2.39 bits per heavy atom. The number of carbonyl (C=O) groups excluding carboxylic acids is 1. The number of aromatic nitrogens is 2. The van der Waals surface area contributed by atoms with Crippen molar-refractivity contribution in [1.29, 1.82) is 0 Å².